The van der Waals surface area contributed by atoms with E-state index < -0.39 is 33.7 Å². The normalized spacial score (nSPS) is 15.6. The van der Waals surface area contributed by atoms with Gasteiger partial charge in [-0.3, -0.25) is 19.7 Å². The molecule has 2 rings (SSSR count). The summed E-state index contributed by atoms with van der Waals surface area (Å²) >= 11 is 0. The van der Waals surface area contributed by atoms with Crippen molar-refractivity contribution >= 4 is 23.3 Å². The number of aliphatic carboxylic acids is 1. The molecule has 1 aliphatic rings. The minimum atomic E-state index is -1.49. The van der Waals surface area contributed by atoms with Crippen molar-refractivity contribution < 1.29 is 24.0 Å². The van der Waals surface area contributed by atoms with E-state index in [1.165, 1.54) is 0 Å². The summed E-state index contributed by atoms with van der Waals surface area (Å²) in [6.07, 6.45) is 0.394. The maximum absolute atomic E-state index is 13.5. The van der Waals surface area contributed by atoms with Crippen molar-refractivity contribution in [3.8, 4) is 0 Å². The number of nitrogens with one attached hydrogen (secondary N) is 1. The first-order valence-corrected chi connectivity index (χ1v) is 5.35. The minimum absolute atomic E-state index is 0.197. The van der Waals surface area contributed by atoms with E-state index in [0.29, 0.717) is 6.07 Å². The Morgan fingerprint density at radius 1 is 1.42 bits per heavy atom. The highest BCUT2D eigenvalue weighted by molar-refractivity contribution is 6.10. The summed E-state index contributed by atoms with van der Waals surface area (Å²) < 4.78 is 13.5. The number of hydrogen-bond donors (Lipinski definition) is 2. The fourth-order valence-corrected chi connectivity index (χ4v) is 1.62. The number of carboxylic acids is 1. The predicted molar refractivity (Wildman–Crippen MR) is 61.0 cm³/mol. The number of carbonyl (C=O) groups excluding carboxylic acids is 1. The monoisotopic (exact) mass is 268 g/mol. The smallest absolute Gasteiger partial charge is 0.319 e. The fraction of sp³-hybridized carbons (Fsp3) is 0.273. The molecule has 2 N–H and O–H groups in total. The van der Waals surface area contributed by atoms with Crippen molar-refractivity contribution in [2.24, 2.45) is 5.41 Å². The van der Waals surface area contributed by atoms with Gasteiger partial charge in [-0.1, -0.05) is 0 Å². The average molecular weight is 268 g/mol. The number of rotatable bonds is 4. The van der Waals surface area contributed by atoms with E-state index in [4.69, 9.17) is 5.11 Å². The zero-order valence-electron chi connectivity index (χ0n) is 9.55. The molecule has 1 aliphatic carbocycles. The molecule has 0 heterocycles. The van der Waals surface area contributed by atoms with Gasteiger partial charge in [0.05, 0.1) is 16.7 Å². The molecule has 7 nitrogen and oxygen atoms in total. The van der Waals surface area contributed by atoms with Crippen molar-refractivity contribution in [3.63, 3.8) is 0 Å². The number of benzene rings is 1. The Hall–Kier alpha value is -2.51. The number of non-ortho nitro benzene ring substituents is 1. The van der Waals surface area contributed by atoms with Gasteiger partial charge in [0.2, 0.25) is 5.91 Å². The Morgan fingerprint density at radius 3 is 2.47 bits per heavy atom. The van der Waals surface area contributed by atoms with E-state index in [1.807, 2.05) is 0 Å². The van der Waals surface area contributed by atoms with Crippen molar-refractivity contribution in [2.75, 3.05) is 5.32 Å². The van der Waals surface area contributed by atoms with Crippen LogP contribution in [-0.4, -0.2) is 21.9 Å². The van der Waals surface area contributed by atoms with E-state index in [2.05, 4.69) is 5.32 Å². The molecular weight excluding hydrogens is 259 g/mol. The number of nitrogens with zero attached hydrogens (tertiary/aromatic N) is 1. The second-order valence-electron chi connectivity index (χ2n) is 4.26. The Bertz CT molecular complexity index is 582. The van der Waals surface area contributed by atoms with E-state index in [0.717, 1.165) is 12.1 Å². The van der Waals surface area contributed by atoms with Crippen molar-refractivity contribution in [2.45, 2.75) is 12.8 Å². The number of hydrogen-bond acceptors (Lipinski definition) is 4. The van der Waals surface area contributed by atoms with Gasteiger partial charge in [-0.15, -0.1) is 0 Å². The van der Waals surface area contributed by atoms with Crippen LogP contribution in [0.25, 0.3) is 0 Å². The Labute approximate surface area is 106 Å². The zero-order valence-corrected chi connectivity index (χ0v) is 9.55. The summed E-state index contributed by atoms with van der Waals surface area (Å²) in [5.41, 5.74) is -2.22. The highest BCUT2D eigenvalue weighted by Crippen LogP contribution is 2.46. The number of nitro groups is 1. The maximum atomic E-state index is 13.5. The molecule has 1 aromatic rings. The number of halogens is 1. The first-order chi connectivity index (χ1) is 8.86. The second-order valence-corrected chi connectivity index (χ2v) is 4.26. The van der Waals surface area contributed by atoms with Crippen LogP contribution in [0, 0.1) is 21.3 Å². The lowest BCUT2D eigenvalue weighted by molar-refractivity contribution is -0.385. The lowest BCUT2D eigenvalue weighted by Gasteiger charge is -2.11. The van der Waals surface area contributed by atoms with Crippen LogP contribution in [-0.2, 0) is 9.59 Å². The van der Waals surface area contributed by atoms with Crippen LogP contribution in [0.15, 0.2) is 18.2 Å². The summed E-state index contributed by atoms with van der Waals surface area (Å²) in [5.74, 6) is -3.05. The predicted octanol–water partition coefficient (Wildman–Crippen LogP) is 1.54. The molecule has 19 heavy (non-hydrogen) atoms. The van der Waals surface area contributed by atoms with Gasteiger partial charge in [0, 0.05) is 6.07 Å². The van der Waals surface area contributed by atoms with E-state index in [9.17, 15) is 24.1 Å². The third kappa shape index (κ3) is 2.24. The van der Waals surface area contributed by atoms with Gasteiger partial charge < -0.3 is 10.4 Å². The van der Waals surface area contributed by atoms with Crippen LogP contribution >= 0.6 is 0 Å². The quantitative estimate of drug-likeness (QED) is 0.489. The molecule has 8 heteroatoms. The van der Waals surface area contributed by atoms with E-state index >= 15 is 0 Å². The molecule has 0 unspecified atom stereocenters. The Balaban J connectivity index is 2.18. The molecule has 100 valence electrons. The first-order valence-electron chi connectivity index (χ1n) is 5.35. The highest BCUT2D eigenvalue weighted by Gasteiger charge is 2.57. The molecule has 0 atom stereocenters. The molecule has 0 spiro atoms. The summed E-state index contributed by atoms with van der Waals surface area (Å²) in [5, 5.41) is 21.5. The fourth-order valence-electron chi connectivity index (χ4n) is 1.62. The summed E-state index contributed by atoms with van der Waals surface area (Å²) in [6.45, 7) is 0. The number of amides is 1. The van der Waals surface area contributed by atoms with Crippen molar-refractivity contribution in [1.82, 2.24) is 0 Å². The van der Waals surface area contributed by atoms with Gasteiger partial charge in [-0.25, -0.2) is 4.39 Å². The molecule has 0 radical (unpaired) electrons. The molecule has 0 bridgehead atoms. The second kappa shape index (κ2) is 4.30. The van der Waals surface area contributed by atoms with Crippen LogP contribution in [0.2, 0.25) is 0 Å². The number of carbonyl (C=O) groups is 2. The van der Waals surface area contributed by atoms with Gasteiger partial charge in [-0.05, 0) is 18.9 Å². The molecule has 1 aromatic carbocycles. The van der Waals surface area contributed by atoms with Crippen molar-refractivity contribution in [3.05, 3.63) is 34.1 Å². The molecule has 1 amide bonds. The SMILES string of the molecule is O=C(O)C1(C(=O)Nc2ccc([N+](=O)[O-])cc2F)CC1. The minimum Gasteiger partial charge on any atom is -0.480 e. The van der Waals surface area contributed by atoms with Gasteiger partial charge in [0.15, 0.2) is 5.82 Å². The van der Waals surface area contributed by atoms with Crippen LogP contribution in [0.4, 0.5) is 15.8 Å². The zero-order chi connectivity index (χ0) is 14.2. The number of nitro benzene ring substituents is 1. The Kier molecular flexibility index (Phi) is 2.93. The van der Waals surface area contributed by atoms with Crippen LogP contribution in [0.1, 0.15) is 12.8 Å². The summed E-state index contributed by atoms with van der Waals surface area (Å²) in [7, 11) is 0. The van der Waals surface area contributed by atoms with Gasteiger partial charge >= 0.3 is 5.97 Å². The maximum Gasteiger partial charge on any atom is 0.319 e. The summed E-state index contributed by atoms with van der Waals surface area (Å²) in [4.78, 5) is 32.3. The first kappa shape index (κ1) is 12.9. The molecule has 0 aromatic heterocycles. The van der Waals surface area contributed by atoms with Crippen molar-refractivity contribution in [1.29, 1.82) is 0 Å². The number of carboxylic acid groups (broad SMARTS) is 1. The number of anilines is 1. The molecular formula is C11H9FN2O5. The molecule has 0 saturated heterocycles. The lowest BCUT2D eigenvalue weighted by atomic mass is 10.1. The van der Waals surface area contributed by atoms with E-state index in [1.54, 1.807) is 0 Å². The largest absolute Gasteiger partial charge is 0.480 e. The van der Waals surface area contributed by atoms with E-state index in [-0.39, 0.29) is 18.5 Å². The topological polar surface area (TPSA) is 110 Å². The van der Waals surface area contributed by atoms with Gasteiger partial charge in [0.1, 0.15) is 5.41 Å². The Morgan fingerprint density at radius 2 is 2.05 bits per heavy atom. The molecule has 1 fully saturated rings. The molecule has 1 saturated carbocycles. The molecule has 0 aliphatic heterocycles. The van der Waals surface area contributed by atoms with Gasteiger partial charge in [0.25, 0.3) is 5.69 Å². The van der Waals surface area contributed by atoms with Crippen LogP contribution in [0.5, 0.6) is 0 Å². The van der Waals surface area contributed by atoms with Crippen LogP contribution < -0.4 is 5.32 Å². The summed E-state index contributed by atoms with van der Waals surface area (Å²) in [6, 6.07) is 2.72. The lowest BCUT2D eigenvalue weighted by Crippen LogP contribution is -2.31. The van der Waals surface area contributed by atoms with Crippen LogP contribution in [0.3, 0.4) is 0 Å². The third-order valence-corrected chi connectivity index (χ3v) is 3.01. The van der Waals surface area contributed by atoms with Gasteiger partial charge in [-0.2, -0.15) is 0 Å². The third-order valence-electron chi connectivity index (χ3n) is 3.01. The average Bonchev–Trinajstić information content (AvgIpc) is 3.12. The highest BCUT2D eigenvalue weighted by atomic mass is 19.1. The standard InChI is InChI=1S/C11H9FN2O5/c12-7-5-6(14(18)19)1-2-8(7)13-9(15)11(3-4-11)10(16)17/h1-2,5H,3-4H2,(H,13,15)(H,16,17).